The van der Waals surface area contributed by atoms with E-state index < -0.39 is 0 Å². The second-order valence-corrected chi connectivity index (χ2v) is 8.69. The number of nitrogens with one attached hydrogen (secondary N) is 1. The van der Waals surface area contributed by atoms with Crippen LogP contribution in [0.2, 0.25) is 0 Å². The summed E-state index contributed by atoms with van der Waals surface area (Å²) in [6.45, 7) is 1.14. The molecule has 0 unspecified atom stereocenters. The van der Waals surface area contributed by atoms with E-state index >= 15 is 0 Å². The lowest BCUT2D eigenvalue weighted by Crippen LogP contribution is -2.46. The predicted octanol–water partition coefficient (Wildman–Crippen LogP) is 4.55. The van der Waals surface area contributed by atoms with Gasteiger partial charge in [0.2, 0.25) is 0 Å². The lowest BCUT2D eigenvalue weighted by Gasteiger charge is -2.32. The van der Waals surface area contributed by atoms with Crippen LogP contribution in [-0.2, 0) is 0 Å². The van der Waals surface area contributed by atoms with Crippen LogP contribution < -0.4 is 14.8 Å². The van der Waals surface area contributed by atoms with Gasteiger partial charge in [0, 0.05) is 30.1 Å². The quantitative estimate of drug-likeness (QED) is 0.431. The molecular weight excluding hydrogens is 458 g/mol. The standard InChI is InChI=1S/C28H27N3O5/c1-34-25-8-7-18(15-26(25)35-2)24-16-22(21-5-3-4-6-23(21)30-24)27(32)29-20-9-12-31(13-10-20)28(33)19-11-14-36-17-19/h3-8,11,14-17,20H,9-10,12-13H2,1-2H3,(H,29,32). The van der Waals surface area contributed by atoms with Crippen molar-refractivity contribution in [3.8, 4) is 22.8 Å². The zero-order valence-corrected chi connectivity index (χ0v) is 20.2. The molecule has 2 aromatic carbocycles. The van der Waals surface area contributed by atoms with Crippen molar-refractivity contribution in [1.82, 2.24) is 15.2 Å². The van der Waals surface area contributed by atoms with Gasteiger partial charge in [-0.2, -0.15) is 0 Å². The number of benzene rings is 2. The van der Waals surface area contributed by atoms with Gasteiger partial charge in [0.1, 0.15) is 6.26 Å². The van der Waals surface area contributed by atoms with Gasteiger partial charge in [-0.25, -0.2) is 4.98 Å². The topological polar surface area (TPSA) is 93.9 Å². The van der Waals surface area contributed by atoms with E-state index in [0.717, 1.165) is 16.5 Å². The van der Waals surface area contributed by atoms with Crippen LogP contribution in [-0.4, -0.2) is 55.0 Å². The molecule has 0 aliphatic carbocycles. The Balaban J connectivity index is 1.37. The molecule has 0 spiro atoms. The molecule has 4 aromatic rings. The molecule has 0 bridgehead atoms. The highest BCUT2D eigenvalue weighted by Gasteiger charge is 2.26. The van der Waals surface area contributed by atoms with Crippen LogP contribution in [0.15, 0.2) is 71.5 Å². The van der Waals surface area contributed by atoms with E-state index in [1.54, 1.807) is 25.2 Å². The first-order valence-electron chi connectivity index (χ1n) is 11.8. The Morgan fingerprint density at radius 3 is 2.50 bits per heavy atom. The summed E-state index contributed by atoms with van der Waals surface area (Å²) in [6.07, 6.45) is 4.32. The third-order valence-electron chi connectivity index (χ3n) is 6.53. The summed E-state index contributed by atoms with van der Waals surface area (Å²) in [5, 5.41) is 3.96. The van der Waals surface area contributed by atoms with Crippen LogP contribution in [0.3, 0.4) is 0 Å². The second-order valence-electron chi connectivity index (χ2n) is 8.69. The number of piperidine rings is 1. The van der Waals surface area contributed by atoms with Crippen LogP contribution in [0, 0.1) is 0 Å². The van der Waals surface area contributed by atoms with Crippen molar-refractivity contribution < 1.29 is 23.5 Å². The largest absolute Gasteiger partial charge is 0.493 e. The summed E-state index contributed by atoms with van der Waals surface area (Å²) in [5.41, 5.74) is 3.32. The minimum Gasteiger partial charge on any atom is -0.493 e. The van der Waals surface area contributed by atoms with Crippen LogP contribution in [0.1, 0.15) is 33.6 Å². The third kappa shape index (κ3) is 4.62. The summed E-state index contributed by atoms with van der Waals surface area (Å²) in [5.74, 6) is 1.01. The monoisotopic (exact) mass is 485 g/mol. The molecule has 3 heterocycles. The number of pyridine rings is 1. The van der Waals surface area contributed by atoms with E-state index in [9.17, 15) is 9.59 Å². The van der Waals surface area contributed by atoms with Gasteiger partial charge in [0.25, 0.3) is 11.8 Å². The number of carbonyl (C=O) groups is 2. The Morgan fingerprint density at radius 1 is 1.00 bits per heavy atom. The van der Waals surface area contributed by atoms with E-state index in [2.05, 4.69) is 5.32 Å². The van der Waals surface area contributed by atoms with Gasteiger partial charge in [-0.3, -0.25) is 9.59 Å². The molecule has 1 aliphatic rings. The first-order valence-corrected chi connectivity index (χ1v) is 11.8. The Labute approximate surface area is 208 Å². The zero-order chi connectivity index (χ0) is 25.1. The fourth-order valence-corrected chi connectivity index (χ4v) is 4.57. The van der Waals surface area contributed by atoms with E-state index in [-0.39, 0.29) is 17.9 Å². The van der Waals surface area contributed by atoms with Gasteiger partial charge in [0.15, 0.2) is 11.5 Å². The molecule has 2 amide bonds. The Hall–Kier alpha value is -4.33. The van der Waals surface area contributed by atoms with Crippen LogP contribution in [0.4, 0.5) is 0 Å². The lowest BCUT2D eigenvalue weighted by atomic mass is 10.0. The highest BCUT2D eigenvalue weighted by Crippen LogP contribution is 2.33. The molecule has 1 saturated heterocycles. The number of ether oxygens (including phenoxy) is 2. The smallest absolute Gasteiger partial charge is 0.257 e. The van der Waals surface area contributed by atoms with E-state index in [1.807, 2.05) is 48.5 Å². The molecule has 0 saturated carbocycles. The zero-order valence-electron chi connectivity index (χ0n) is 20.2. The van der Waals surface area contributed by atoms with Gasteiger partial charge in [-0.15, -0.1) is 0 Å². The SMILES string of the molecule is COc1ccc(-c2cc(C(=O)NC3CCN(C(=O)c4ccoc4)CC3)c3ccccc3n2)cc1OC. The average molecular weight is 486 g/mol. The van der Waals surface area contributed by atoms with Crippen molar-refractivity contribution in [2.75, 3.05) is 27.3 Å². The number of para-hydroxylation sites is 1. The fourth-order valence-electron chi connectivity index (χ4n) is 4.57. The molecule has 1 aliphatic heterocycles. The molecule has 0 atom stereocenters. The number of hydrogen-bond acceptors (Lipinski definition) is 6. The third-order valence-corrected chi connectivity index (χ3v) is 6.53. The van der Waals surface area contributed by atoms with Crippen molar-refractivity contribution in [2.45, 2.75) is 18.9 Å². The van der Waals surface area contributed by atoms with Gasteiger partial charge >= 0.3 is 0 Å². The summed E-state index contributed by atoms with van der Waals surface area (Å²) >= 11 is 0. The minimum absolute atomic E-state index is 0.0256. The lowest BCUT2D eigenvalue weighted by molar-refractivity contribution is 0.0697. The Morgan fingerprint density at radius 2 is 1.78 bits per heavy atom. The predicted molar refractivity (Wildman–Crippen MR) is 135 cm³/mol. The normalized spacial score (nSPS) is 14.0. The maximum atomic E-state index is 13.5. The number of methoxy groups -OCH3 is 2. The number of nitrogens with zero attached hydrogens (tertiary/aromatic N) is 2. The maximum absolute atomic E-state index is 13.5. The van der Waals surface area contributed by atoms with Gasteiger partial charge in [-0.05, 0) is 49.2 Å². The van der Waals surface area contributed by atoms with Crippen LogP contribution in [0.5, 0.6) is 11.5 Å². The molecule has 8 heteroatoms. The van der Waals surface area contributed by atoms with Crippen molar-refractivity contribution in [2.24, 2.45) is 0 Å². The van der Waals surface area contributed by atoms with Crippen molar-refractivity contribution in [3.05, 3.63) is 78.3 Å². The number of aromatic nitrogens is 1. The number of hydrogen-bond donors (Lipinski definition) is 1. The van der Waals surface area contributed by atoms with E-state index in [4.69, 9.17) is 18.9 Å². The molecule has 2 aromatic heterocycles. The number of furan rings is 1. The highest BCUT2D eigenvalue weighted by atomic mass is 16.5. The van der Waals surface area contributed by atoms with Crippen molar-refractivity contribution >= 4 is 22.7 Å². The molecule has 0 radical (unpaired) electrons. The summed E-state index contributed by atoms with van der Waals surface area (Å²) in [7, 11) is 3.18. The van der Waals surface area contributed by atoms with Gasteiger partial charge in [0.05, 0.1) is 42.8 Å². The number of likely N-dealkylation sites (tertiary alicyclic amines) is 1. The molecule has 1 fully saturated rings. The molecule has 5 rings (SSSR count). The molecular formula is C28H27N3O5. The van der Waals surface area contributed by atoms with E-state index in [0.29, 0.717) is 54.3 Å². The molecule has 184 valence electrons. The first-order chi connectivity index (χ1) is 17.6. The Kier molecular flexibility index (Phi) is 6.58. The number of fused-ring (bicyclic) bond motifs is 1. The summed E-state index contributed by atoms with van der Waals surface area (Å²) in [6, 6.07) is 16.6. The summed E-state index contributed by atoms with van der Waals surface area (Å²) in [4.78, 5) is 32.6. The number of amides is 2. The van der Waals surface area contributed by atoms with E-state index in [1.165, 1.54) is 12.5 Å². The first kappa shape index (κ1) is 23.4. The highest BCUT2D eigenvalue weighted by molar-refractivity contribution is 6.07. The maximum Gasteiger partial charge on any atom is 0.257 e. The van der Waals surface area contributed by atoms with Gasteiger partial charge < -0.3 is 24.1 Å². The molecule has 8 nitrogen and oxygen atoms in total. The average Bonchev–Trinajstić information content (AvgIpc) is 3.47. The molecule has 36 heavy (non-hydrogen) atoms. The van der Waals surface area contributed by atoms with Crippen LogP contribution >= 0.6 is 0 Å². The minimum atomic E-state index is -0.157. The van der Waals surface area contributed by atoms with Crippen molar-refractivity contribution in [1.29, 1.82) is 0 Å². The number of rotatable bonds is 6. The molecule has 1 N–H and O–H groups in total. The van der Waals surface area contributed by atoms with Gasteiger partial charge in [-0.1, -0.05) is 18.2 Å². The number of carbonyl (C=O) groups excluding carboxylic acids is 2. The van der Waals surface area contributed by atoms with Crippen LogP contribution in [0.25, 0.3) is 22.2 Å². The summed E-state index contributed by atoms with van der Waals surface area (Å²) < 4.78 is 15.8. The second kappa shape index (κ2) is 10.1. The Bertz CT molecular complexity index is 1390. The van der Waals surface area contributed by atoms with Crippen molar-refractivity contribution in [3.63, 3.8) is 0 Å². The fraction of sp³-hybridized carbons (Fsp3) is 0.250.